The number of benzene rings is 3. The fraction of sp³-hybridized carbons (Fsp3) is 0.143. The highest BCUT2D eigenvalue weighted by Gasteiger charge is 2.27. The van der Waals surface area contributed by atoms with Crippen molar-refractivity contribution in [3.8, 4) is 11.5 Å². The van der Waals surface area contributed by atoms with E-state index >= 15 is 0 Å². The minimum absolute atomic E-state index is 0.150. The summed E-state index contributed by atoms with van der Waals surface area (Å²) < 4.78 is 11.5. The number of nitrogens with one attached hydrogen (secondary N) is 1. The lowest BCUT2D eigenvalue weighted by molar-refractivity contribution is -0.130. The van der Waals surface area contributed by atoms with Crippen LogP contribution in [0, 0.1) is 6.92 Å². The number of carbonyl (C=O) groups is 1. The summed E-state index contributed by atoms with van der Waals surface area (Å²) in [5.74, 6) is 0.876. The molecule has 1 aliphatic heterocycles. The first-order valence-corrected chi connectivity index (χ1v) is 8.41. The van der Waals surface area contributed by atoms with Crippen molar-refractivity contribution in [3.63, 3.8) is 0 Å². The van der Waals surface area contributed by atoms with Crippen LogP contribution in [-0.4, -0.2) is 24.8 Å². The molecule has 0 spiro atoms. The monoisotopic (exact) mass is 346 g/mol. The van der Waals surface area contributed by atoms with Crippen molar-refractivity contribution in [1.82, 2.24) is 5.43 Å². The Kier molecular flexibility index (Phi) is 4.27. The van der Waals surface area contributed by atoms with Gasteiger partial charge in [-0.15, -0.1) is 0 Å². The summed E-state index contributed by atoms with van der Waals surface area (Å²) in [6.45, 7) is 2.17. The number of hydrogen-bond donors (Lipinski definition) is 1. The second-order valence-corrected chi connectivity index (χ2v) is 6.21. The minimum Gasteiger partial charge on any atom is -0.485 e. The van der Waals surface area contributed by atoms with E-state index in [4.69, 9.17) is 9.47 Å². The van der Waals surface area contributed by atoms with E-state index in [0.717, 1.165) is 16.3 Å². The summed E-state index contributed by atoms with van der Waals surface area (Å²) >= 11 is 0. The standard InChI is InChI=1S/C21H18N2O3/c1-14-6-8-15(9-7-14)12-22-23-21(24)20-13-25-18-10-16-4-2-3-5-17(16)11-19(18)26-20/h2-12,20H,13H2,1H3,(H,23,24)/b22-12-. The van der Waals surface area contributed by atoms with Gasteiger partial charge in [0.1, 0.15) is 6.61 Å². The van der Waals surface area contributed by atoms with Crippen LogP contribution in [0.25, 0.3) is 10.8 Å². The number of amides is 1. The second-order valence-electron chi connectivity index (χ2n) is 6.21. The van der Waals surface area contributed by atoms with Crippen LogP contribution in [0.5, 0.6) is 11.5 Å². The van der Waals surface area contributed by atoms with Gasteiger partial charge in [-0.1, -0.05) is 54.1 Å². The first-order valence-electron chi connectivity index (χ1n) is 8.41. The van der Waals surface area contributed by atoms with Crippen molar-refractivity contribution in [3.05, 3.63) is 71.8 Å². The molecule has 1 atom stereocenters. The Labute approximate surface area is 151 Å². The zero-order valence-corrected chi connectivity index (χ0v) is 14.3. The molecule has 0 aliphatic carbocycles. The maximum atomic E-state index is 12.3. The Bertz CT molecular complexity index is 980. The molecule has 26 heavy (non-hydrogen) atoms. The highest BCUT2D eigenvalue weighted by atomic mass is 16.6. The molecule has 1 amide bonds. The fourth-order valence-electron chi connectivity index (χ4n) is 2.78. The van der Waals surface area contributed by atoms with E-state index in [-0.39, 0.29) is 12.5 Å². The van der Waals surface area contributed by atoms with Crippen molar-refractivity contribution >= 4 is 22.9 Å². The quantitative estimate of drug-likeness (QED) is 0.584. The Morgan fingerprint density at radius 1 is 1.08 bits per heavy atom. The summed E-state index contributed by atoms with van der Waals surface area (Å²) in [7, 11) is 0. The molecule has 0 saturated heterocycles. The van der Waals surface area contributed by atoms with Gasteiger partial charge in [-0.05, 0) is 35.4 Å². The van der Waals surface area contributed by atoms with E-state index in [1.807, 2.05) is 67.6 Å². The predicted molar refractivity (Wildman–Crippen MR) is 101 cm³/mol. The lowest BCUT2D eigenvalue weighted by Crippen LogP contribution is -2.42. The SMILES string of the molecule is Cc1ccc(/C=N\NC(=O)C2COc3cc4ccccc4cc3O2)cc1. The van der Waals surface area contributed by atoms with Crippen LogP contribution in [-0.2, 0) is 4.79 Å². The largest absolute Gasteiger partial charge is 0.485 e. The smallest absolute Gasteiger partial charge is 0.284 e. The number of carbonyl (C=O) groups excluding carboxylic acids is 1. The van der Waals surface area contributed by atoms with Crippen molar-refractivity contribution in [2.45, 2.75) is 13.0 Å². The molecular formula is C21H18N2O3. The van der Waals surface area contributed by atoms with Gasteiger partial charge in [0.2, 0.25) is 6.10 Å². The summed E-state index contributed by atoms with van der Waals surface area (Å²) in [6.07, 6.45) is 0.862. The summed E-state index contributed by atoms with van der Waals surface area (Å²) in [6, 6.07) is 19.6. The van der Waals surface area contributed by atoms with Gasteiger partial charge in [-0.3, -0.25) is 4.79 Å². The second kappa shape index (κ2) is 6.88. The third kappa shape index (κ3) is 3.37. The average molecular weight is 346 g/mol. The molecule has 5 heteroatoms. The molecule has 1 N–H and O–H groups in total. The minimum atomic E-state index is -0.737. The van der Waals surface area contributed by atoms with E-state index in [1.54, 1.807) is 6.21 Å². The Balaban J connectivity index is 1.43. The highest BCUT2D eigenvalue weighted by molar-refractivity contribution is 5.88. The number of hydrazone groups is 1. The van der Waals surface area contributed by atoms with Crippen molar-refractivity contribution in [2.75, 3.05) is 6.61 Å². The number of ether oxygens (including phenoxy) is 2. The summed E-state index contributed by atoms with van der Waals surface area (Å²) in [5.41, 5.74) is 4.59. The van der Waals surface area contributed by atoms with Gasteiger partial charge in [-0.25, -0.2) is 5.43 Å². The zero-order valence-electron chi connectivity index (χ0n) is 14.3. The molecule has 3 aromatic rings. The number of rotatable bonds is 3. The van der Waals surface area contributed by atoms with Gasteiger partial charge >= 0.3 is 0 Å². The summed E-state index contributed by atoms with van der Waals surface area (Å²) in [5, 5.41) is 6.10. The van der Waals surface area contributed by atoms with Crippen LogP contribution >= 0.6 is 0 Å². The first-order chi connectivity index (χ1) is 12.7. The van der Waals surface area contributed by atoms with Crippen LogP contribution in [0.1, 0.15) is 11.1 Å². The molecule has 1 unspecified atom stereocenters. The molecule has 4 rings (SSSR count). The molecular weight excluding hydrogens is 328 g/mol. The highest BCUT2D eigenvalue weighted by Crippen LogP contribution is 2.35. The molecule has 0 radical (unpaired) electrons. The van der Waals surface area contributed by atoms with Gasteiger partial charge in [0.25, 0.3) is 5.91 Å². The van der Waals surface area contributed by atoms with Gasteiger partial charge < -0.3 is 9.47 Å². The van der Waals surface area contributed by atoms with Gasteiger partial charge in [0.05, 0.1) is 6.21 Å². The Morgan fingerprint density at radius 2 is 1.77 bits per heavy atom. The van der Waals surface area contributed by atoms with Crippen molar-refractivity contribution < 1.29 is 14.3 Å². The number of aryl methyl sites for hydroxylation is 1. The molecule has 1 aliphatic rings. The normalized spacial score (nSPS) is 16.0. The topological polar surface area (TPSA) is 59.9 Å². The van der Waals surface area contributed by atoms with E-state index in [9.17, 15) is 4.79 Å². The van der Waals surface area contributed by atoms with Gasteiger partial charge in [-0.2, -0.15) is 5.10 Å². The van der Waals surface area contributed by atoms with E-state index in [1.165, 1.54) is 5.56 Å². The van der Waals surface area contributed by atoms with Crippen LogP contribution in [0.2, 0.25) is 0 Å². The van der Waals surface area contributed by atoms with E-state index < -0.39 is 6.10 Å². The van der Waals surface area contributed by atoms with E-state index in [2.05, 4.69) is 10.5 Å². The van der Waals surface area contributed by atoms with Crippen molar-refractivity contribution in [2.24, 2.45) is 5.10 Å². The molecule has 130 valence electrons. The molecule has 3 aromatic carbocycles. The number of nitrogens with zero attached hydrogens (tertiary/aromatic N) is 1. The lowest BCUT2D eigenvalue weighted by Gasteiger charge is -2.25. The lowest BCUT2D eigenvalue weighted by atomic mass is 10.1. The third-order valence-electron chi connectivity index (χ3n) is 4.23. The maximum Gasteiger partial charge on any atom is 0.284 e. The summed E-state index contributed by atoms with van der Waals surface area (Å²) in [4.78, 5) is 12.3. The molecule has 0 bridgehead atoms. The fourth-order valence-corrected chi connectivity index (χ4v) is 2.78. The van der Waals surface area contributed by atoms with Crippen LogP contribution in [0.3, 0.4) is 0 Å². The Hall–Kier alpha value is -3.34. The third-order valence-corrected chi connectivity index (χ3v) is 4.23. The molecule has 0 fully saturated rings. The average Bonchev–Trinajstić information content (AvgIpc) is 2.67. The Morgan fingerprint density at radius 3 is 2.50 bits per heavy atom. The van der Waals surface area contributed by atoms with Crippen LogP contribution in [0.4, 0.5) is 0 Å². The zero-order chi connectivity index (χ0) is 17.9. The number of hydrogen-bond acceptors (Lipinski definition) is 4. The van der Waals surface area contributed by atoms with Crippen LogP contribution in [0.15, 0.2) is 65.8 Å². The molecule has 0 saturated carbocycles. The van der Waals surface area contributed by atoms with Crippen LogP contribution < -0.4 is 14.9 Å². The van der Waals surface area contributed by atoms with E-state index in [0.29, 0.717) is 11.5 Å². The van der Waals surface area contributed by atoms with Crippen molar-refractivity contribution in [1.29, 1.82) is 0 Å². The number of fused-ring (bicyclic) bond motifs is 2. The first kappa shape index (κ1) is 16.1. The predicted octanol–water partition coefficient (Wildman–Crippen LogP) is 3.44. The molecule has 1 heterocycles. The molecule has 5 nitrogen and oxygen atoms in total. The maximum absolute atomic E-state index is 12.3. The van der Waals surface area contributed by atoms with Gasteiger partial charge in [0, 0.05) is 0 Å². The molecule has 0 aromatic heterocycles. The van der Waals surface area contributed by atoms with Gasteiger partial charge in [0.15, 0.2) is 11.5 Å².